The number of amides is 2. The maximum absolute atomic E-state index is 12.6. The summed E-state index contributed by atoms with van der Waals surface area (Å²) in [5.74, 6) is -1.64. The fraction of sp³-hybridized carbons (Fsp3) is 0.360. The van der Waals surface area contributed by atoms with Gasteiger partial charge in [0.1, 0.15) is 5.54 Å². The zero-order valence-electron chi connectivity index (χ0n) is 18.8. The van der Waals surface area contributed by atoms with Gasteiger partial charge in [-0.1, -0.05) is 62.4 Å². The van der Waals surface area contributed by atoms with Crippen LogP contribution < -0.4 is 10.6 Å². The highest BCUT2D eigenvalue weighted by Gasteiger charge is 2.33. The van der Waals surface area contributed by atoms with Crippen LogP contribution in [0.4, 0.5) is 0 Å². The summed E-state index contributed by atoms with van der Waals surface area (Å²) < 4.78 is 5.31. The van der Waals surface area contributed by atoms with E-state index < -0.39 is 29.6 Å². The number of nitrogens with one attached hydrogen (secondary N) is 2. The van der Waals surface area contributed by atoms with Crippen LogP contribution in [0.5, 0.6) is 0 Å². The fourth-order valence-electron chi connectivity index (χ4n) is 2.89. The minimum Gasteiger partial charge on any atom is -0.452 e. The first-order valence-corrected chi connectivity index (χ1v) is 10.5. The summed E-state index contributed by atoms with van der Waals surface area (Å²) in [5.41, 5.74) is 0.135. The summed E-state index contributed by atoms with van der Waals surface area (Å²) in [6, 6.07) is 19.2. The molecule has 0 aromatic heterocycles. The lowest BCUT2D eigenvalue weighted by atomic mass is 9.90. The third-order valence-electron chi connectivity index (χ3n) is 5.36. The highest BCUT2D eigenvalue weighted by molar-refractivity contribution is 5.94. The first kappa shape index (κ1) is 24.6. The largest absolute Gasteiger partial charge is 0.452 e. The molecule has 0 heterocycles. The molecule has 0 spiro atoms. The molecule has 2 rings (SSSR count). The number of benzene rings is 2. The molecule has 2 aromatic carbocycles. The summed E-state index contributed by atoms with van der Waals surface area (Å²) in [6.07, 6.45) is -1.24. The number of carbonyl (C=O) groups is 3. The quantitative estimate of drug-likeness (QED) is 0.586. The molecule has 3 atom stereocenters. The van der Waals surface area contributed by atoms with Gasteiger partial charge in [-0.25, -0.2) is 0 Å². The van der Waals surface area contributed by atoms with E-state index >= 15 is 0 Å². The smallest absolute Gasteiger partial charge is 0.309 e. The number of hydrogen-bond acceptors (Lipinski definition) is 5. The number of hydrogen-bond donors (Lipinski definition) is 2. The van der Waals surface area contributed by atoms with Crippen LogP contribution in [0, 0.1) is 17.2 Å². The summed E-state index contributed by atoms with van der Waals surface area (Å²) in [5, 5.41) is 14.9. The van der Waals surface area contributed by atoms with Gasteiger partial charge in [0, 0.05) is 5.56 Å². The predicted octanol–water partition coefficient (Wildman–Crippen LogP) is 3.53. The van der Waals surface area contributed by atoms with Crippen LogP contribution in [0.15, 0.2) is 60.7 Å². The van der Waals surface area contributed by atoms with Gasteiger partial charge >= 0.3 is 5.97 Å². The summed E-state index contributed by atoms with van der Waals surface area (Å²) in [4.78, 5) is 37.7. The highest BCUT2D eigenvalue weighted by Crippen LogP contribution is 2.19. The van der Waals surface area contributed by atoms with E-state index in [9.17, 15) is 19.6 Å². The number of carbonyl (C=O) groups excluding carboxylic acids is 3. The Balaban J connectivity index is 2.07. The standard InChI is InChI=1S/C25H29N3O4/c1-17(2)25(4,16-26)28-23(30)18(3)32-22(29)15-21(19-11-7-5-8-12-19)27-24(31)20-13-9-6-10-14-20/h5-14,17-18,21H,15H2,1-4H3,(H,27,31)(H,28,30). The first-order valence-electron chi connectivity index (χ1n) is 10.5. The van der Waals surface area contributed by atoms with Crippen LogP contribution in [0.2, 0.25) is 0 Å². The molecule has 2 amide bonds. The van der Waals surface area contributed by atoms with Crippen molar-refractivity contribution < 1.29 is 19.1 Å². The Hall–Kier alpha value is -3.66. The van der Waals surface area contributed by atoms with Gasteiger partial charge in [0.15, 0.2) is 6.10 Å². The Morgan fingerprint density at radius 2 is 1.56 bits per heavy atom. The van der Waals surface area contributed by atoms with E-state index in [1.807, 2.05) is 38.1 Å². The van der Waals surface area contributed by atoms with Gasteiger partial charge in [0.2, 0.25) is 0 Å². The summed E-state index contributed by atoms with van der Waals surface area (Å²) in [6.45, 7) is 6.71. The van der Waals surface area contributed by atoms with Crippen LogP contribution in [-0.4, -0.2) is 29.4 Å². The predicted molar refractivity (Wildman–Crippen MR) is 120 cm³/mol. The van der Waals surface area contributed by atoms with Crippen molar-refractivity contribution in [1.29, 1.82) is 5.26 Å². The fourth-order valence-corrected chi connectivity index (χ4v) is 2.89. The van der Waals surface area contributed by atoms with E-state index in [0.29, 0.717) is 5.56 Å². The number of nitrogens with zero attached hydrogens (tertiary/aromatic N) is 1. The Morgan fingerprint density at radius 1 is 1.00 bits per heavy atom. The zero-order chi connectivity index (χ0) is 23.7. The van der Waals surface area contributed by atoms with Crippen LogP contribution in [-0.2, 0) is 14.3 Å². The van der Waals surface area contributed by atoms with Gasteiger partial charge in [-0.15, -0.1) is 0 Å². The minimum absolute atomic E-state index is 0.130. The van der Waals surface area contributed by atoms with Crippen molar-refractivity contribution in [2.24, 2.45) is 5.92 Å². The number of esters is 1. The van der Waals surface area contributed by atoms with E-state index in [-0.39, 0.29) is 18.2 Å². The van der Waals surface area contributed by atoms with Crippen LogP contribution in [0.3, 0.4) is 0 Å². The normalized spacial score (nSPS) is 14.4. The molecular weight excluding hydrogens is 406 g/mol. The molecule has 0 bridgehead atoms. The molecule has 2 aromatic rings. The van der Waals surface area contributed by atoms with E-state index in [4.69, 9.17) is 4.74 Å². The molecule has 0 fully saturated rings. The molecule has 0 saturated heterocycles. The van der Waals surface area contributed by atoms with Crippen molar-refractivity contribution in [3.63, 3.8) is 0 Å². The van der Waals surface area contributed by atoms with Crippen molar-refractivity contribution >= 4 is 17.8 Å². The van der Waals surface area contributed by atoms with Gasteiger partial charge in [-0.05, 0) is 37.5 Å². The van der Waals surface area contributed by atoms with Gasteiger partial charge in [-0.2, -0.15) is 5.26 Å². The maximum atomic E-state index is 12.6. The van der Waals surface area contributed by atoms with Gasteiger partial charge in [0.05, 0.1) is 18.5 Å². The first-order chi connectivity index (χ1) is 15.2. The Bertz CT molecular complexity index is 970. The zero-order valence-corrected chi connectivity index (χ0v) is 18.8. The molecule has 0 aliphatic rings. The number of ether oxygens (including phenoxy) is 1. The maximum Gasteiger partial charge on any atom is 0.309 e. The average molecular weight is 436 g/mol. The lowest BCUT2D eigenvalue weighted by Gasteiger charge is -2.28. The second-order valence-electron chi connectivity index (χ2n) is 8.10. The molecule has 168 valence electrons. The van der Waals surface area contributed by atoms with Gasteiger partial charge in [-0.3, -0.25) is 14.4 Å². The van der Waals surface area contributed by atoms with E-state index in [0.717, 1.165) is 5.56 Å². The third kappa shape index (κ3) is 6.67. The second kappa shape index (κ2) is 11.1. The van der Waals surface area contributed by atoms with Crippen LogP contribution >= 0.6 is 0 Å². The molecule has 7 nitrogen and oxygen atoms in total. The van der Waals surface area contributed by atoms with Gasteiger partial charge < -0.3 is 15.4 Å². The van der Waals surface area contributed by atoms with E-state index in [1.165, 1.54) is 6.92 Å². The minimum atomic E-state index is -1.09. The van der Waals surface area contributed by atoms with Crippen LogP contribution in [0.25, 0.3) is 0 Å². The third-order valence-corrected chi connectivity index (χ3v) is 5.36. The van der Waals surface area contributed by atoms with E-state index in [1.54, 1.807) is 43.3 Å². The molecular formula is C25H29N3O4. The molecule has 0 aliphatic heterocycles. The highest BCUT2D eigenvalue weighted by atomic mass is 16.5. The Morgan fingerprint density at radius 3 is 2.09 bits per heavy atom. The van der Waals surface area contributed by atoms with Crippen molar-refractivity contribution in [2.75, 3.05) is 0 Å². The Kier molecular flexibility index (Phi) is 8.54. The van der Waals surface area contributed by atoms with Crippen molar-refractivity contribution in [3.05, 3.63) is 71.8 Å². The second-order valence-corrected chi connectivity index (χ2v) is 8.10. The lowest BCUT2D eigenvalue weighted by molar-refractivity contribution is -0.155. The molecule has 0 radical (unpaired) electrons. The van der Waals surface area contributed by atoms with Gasteiger partial charge in [0.25, 0.3) is 11.8 Å². The van der Waals surface area contributed by atoms with Crippen molar-refractivity contribution in [1.82, 2.24) is 10.6 Å². The van der Waals surface area contributed by atoms with Crippen LogP contribution in [0.1, 0.15) is 56.1 Å². The molecule has 2 N–H and O–H groups in total. The molecule has 0 aliphatic carbocycles. The Labute approximate surface area is 188 Å². The average Bonchev–Trinajstić information content (AvgIpc) is 2.79. The molecule has 3 unspecified atom stereocenters. The topological polar surface area (TPSA) is 108 Å². The number of rotatable bonds is 9. The molecule has 32 heavy (non-hydrogen) atoms. The van der Waals surface area contributed by atoms with E-state index in [2.05, 4.69) is 16.7 Å². The summed E-state index contributed by atoms with van der Waals surface area (Å²) >= 11 is 0. The molecule has 0 saturated carbocycles. The monoisotopic (exact) mass is 435 g/mol. The SMILES string of the molecule is CC(OC(=O)CC(NC(=O)c1ccccc1)c1ccccc1)C(=O)NC(C)(C#N)C(C)C. The van der Waals surface area contributed by atoms with Crippen molar-refractivity contribution in [3.8, 4) is 6.07 Å². The lowest BCUT2D eigenvalue weighted by Crippen LogP contribution is -2.52. The summed E-state index contributed by atoms with van der Waals surface area (Å²) in [7, 11) is 0. The van der Waals surface area contributed by atoms with Crippen molar-refractivity contribution in [2.45, 2.75) is 51.8 Å². The number of nitriles is 1. The molecule has 7 heteroatoms.